The van der Waals surface area contributed by atoms with Crippen LogP contribution in [0.3, 0.4) is 0 Å². The number of fused-ring (bicyclic) bond motifs is 1. The summed E-state index contributed by atoms with van der Waals surface area (Å²) in [6, 6.07) is 5.59. The molecule has 24 heavy (non-hydrogen) atoms. The predicted molar refractivity (Wildman–Crippen MR) is 110 cm³/mol. The molecule has 5 heteroatoms. The van der Waals surface area contributed by atoms with Crippen LogP contribution in [0, 0.1) is 6.92 Å². The number of thiazole rings is 1. The van der Waals surface area contributed by atoms with Gasteiger partial charge in [0.25, 0.3) is 0 Å². The van der Waals surface area contributed by atoms with Gasteiger partial charge in [0.05, 0.1) is 29.9 Å². The van der Waals surface area contributed by atoms with Gasteiger partial charge in [0.1, 0.15) is 0 Å². The van der Waals surface area contributed by atoms with Crippen LogP contribution < -0.4 is 5.32 Å². The Morgan fingerprint density at radius 1 is 1.21 bits per heavy atom. The minimum atomic E-state index is -1.22. The van der Waals surface area contributed by atoms with Gasteiger partial charge in [-0.15, -0.1) is 11.3 Å². The van der Waals surface area contributed by atoms with Gasteiger partial charge in [-0.3, -0.25) is 0 Å². The highest BCUT2D eigenvalue weighted by Crippen LogP contribution is 2.38. The number of ether oxygens (including phenoxy) is 1. The molecule has 1 aromatic carbocycles. The van der Waals surface area contributed by atoms with Gasteiger partial charge in [0.2, 0.25) is 0 Å². The molecule has 0 atom stereocenters. The maximum absolute atomic E-state index is 5.92. The van der Waals surface area contributed by atoms with Gasteiger partial charge in [0, 0.05) is 25.8 Å². The number of nitrogens with zero attached hydrogens (tertiary/aromatic N) is 1. The average molecular weight is 365 g/mol. The second kappa shape index (κ2) is 7.54. The monoisotopic (exact) mass is 364 g/mol. The van der Waals surface area contributed by atoms with Gasteiger partial charge in [-0.2, -0.15) is 0 Å². The summed E-state index contributed by atoms with van der Waals surface area (Å²) in [7, 11) is 0.742. The van der Waals surface area contributed by atoms with Gasteiger partial charge in [0.15, 0.2) is 0 Å². The highest BCUT2D eigenvalue weighted by molar-refractivity contribution is 7.18. The topological polar surface area (TPSA) is 34.1 Å². The highest BCUT2D eigenvalue weighted by Gasteiger charge is 2.34. The molecule has 0 amide bonds. The molecule has 0 spiro atoms. The number of anilines is 1. The zero-order valence-corrected chi connectivity index (χ0v) is 18.1. The number of nitrogens with one attached hydrogen (secondary N) is 1. The van der Waals surface area contributed by atoms with Gasteiger partial charge in [-0.25, -0.2) is 4.98 Å². The van der Waals surface area contributed by atoms with E-state index in [9.17, 15) is 0 Å². The molecule has 0 aliphatic heterocycles. The Bertz CT molecular complexity index is 688. The second-order valence-corrected chi connectivity index (χ2v) is 15.1. The van der Waals surface area contributed by atoms with Crippen LogP contribution in [0.25, 0.3) is 10.2 Å². The molecule has 0 fully saturated rings. The molecule has 2 rings (SSSR count). The average Bonchev–Trinajstić information content (AvgIpc) is 2.86. The number of hydrogen-bond acceptors (Lipinski definition) is 4. The number of rotatable bonds is 7. The van der Waals surface area contributed by atoms with Crippen molar-refractivity contribution in [2.75, 3.05) is 25.6 Å². The van der Waals surface area contributed by atoms with Crippen molar-refractivity contribution in [3.63, 3.8) is 0 Å². The van der Waals surface area contributed by atoms with Crippen molar-refractivity contribution in [1.29, 1.82) is 0 Å². The predicted octanol–water partition coefficient (Wildman–Crippen LogP) is 5.71. The Morgan fingerprint density at radius 2 is 1.92 bits per heavy atom. The summed E-state index contributed by atoms with van der Waals surface area (Å²) in [5.74, 6) is 0. The molecule has 134 valence electrons. The van der Waals surface area contributed by atoms with Crippen LogP contribution in [0.2, 0.25) is 24.2 Å². The maximum Gasteiger partial charge on any atom is 0.0961 e. The van der Waals surface area contributed by atoms with Crippen LogP contribution in [0.4, 0.5) is 5.69 Å². The fourth-order valence-corrected chi connectivity index (χ4v) is 4.84. The molecule has 0 unspecified atom stereocenters. The summed E-state index contributed by atoms with van der Waals surface area (Å²) in [5.41, 5.74) is 3.53. The molecule has 3 nitrogen and oxygen atoms in total. The van der Waals surface area contributed by atoms with Crippen LogP contribution in [-0.2, 0) is 11.2 Å². The Kier molecular flexibility index (Phi) is 6.10. The van der Waals surface area contributed by atoms with Crippen molar-refractivity contribution in [2.24, 2.45) is 0 Å². The summed E-state index contributed by atoms with van der Waals surface area (Å²) >= 11 is 1.78. The molecule has 0 aliphatic carbocycles. The molecule has 0 aliphatic rings. The van der Waals surface area contributed by atoms with Crippen molar-refractivity contribution in [2.45, 2.75) is 58.3 Å². The van der Waals surface area contributed by atoms with Gasteiger partial charge < -0.3 is 10.1 Å². The lowest BCUT2D eigenvalue weighted by Gasteiger charge is -2.36. The van der Waals surface area contributed by atoms with Gasteiger partial charge in [-0.1, -0.05) is 33.9 Å². The van der Waals surface area contributed by atoms with Crippen molar-refractivity contribution in [1.82, 2.24) is 4.98 Å². The van der Waals surface area contributed by atoms with Crippen LogP contribution >= 0.6 is 11.3 Å². The summed E-state index contributed by atoms with van der Waals surface area (Å²) in [6.45, 7) is 15.8. The molecule has 0 bridgehead atoms. The van der Waals surface area contributed by atoms with Gasteiger partial charge >= 0.3 is 0 Å². The molecule has 1 heterocycles. The summed E-state index contributed by atoms with van der Waals surface area (Å²) in [5, 5.41) is 4.85. The number of benzene rings is 1. The normalized spacial score (nSPS) is 12.8. The molecular formula is C19H32N2OSSi. The Labute approximate surface area is 151 Å². The largest absolute Gasteiger partial charge is 0.388 e. The Morgan fingerprint density at radius 3 is 2.54 bits per heavy atom. The van der Waals surface area contributed by atoms with Crippen LogP contribution in [0.15, 0.2) is 12.1 Å². The number of aryl methyl sites for hydroxylation is 1. The van der Waals surface area contributed by atoms with Crippen LogP contribution in [-0.4, -0.2) is 33.3 Å². The first kappa shape index (κ1) is 19.4. The fourth-order valence-electron chi connectivity index (χ4n) is 2.47. The molecular weight excluding hydrogens is 332 g/mol. The van der Waals surface area contributed by atoms with Crippen molar-refractivity contribution in [3.05, 3.63) is 22.7 Å². The van der Waals surface area contributed by atoms with E-state index in [4.69, 9.17) is 9.72 Å². The standard InChI is InChI=1S/C19H32N2OSSi/c1-14-12-16-17(13-15(14)20-5)23-18(21-16)8-9-22-10-11-24(6,7)19(2,3)4/h12-13,20H,8-11H2,1-7H3. The van der Waals surface area contributed by atoms with E-state index in [1.807, 2.05) is 7.05 Å². The third-order valence-electron chi connectivity index (χ3n) is 5.41. The van der Waals surface area contributed by atoms with Crippen molar-refractivity contribution < 1.29 is 4.74 Å². The smallest absolute Gasteiger partial charge is 0.0961 e. The lowest BCUT2D eigenvalue weighted by atomic mass is 10.2. The first-order valence-electron chi connectivity index (χ1n) is 8.79. The third kappa shape index (κ3) is 4.58. The van der Waals surface area contributed by atoms with E-state index >= 15 is 0 Å². The summed E-state index contributed by atoms with van der Waals surface area (Å²) < 4.78 is 7.17. The van der Waals surface area contributed by atoms with E-state index in [-0.39, 0.29) is 0 Å². The zero-order valence-electron chi connectivity index (χ0n) is 16.2. The molecule has 1 aromatic heterocycles. The Balaban J connectivity index is 1.86. The van der Waals surface area contributed by atoms with Crippen molar-refractivity contribution in [3.8, 4) is 0 Å². The van der Waals surface area contributed by atoms with E-state index in [0.717, 1.165) is 25.2 Å². The van der Waals surface area contributed by atoms with E-state index < -0.39 is 8.07 Å². The van der Waals surface area contributed by atoms with Gasteiger partial charge in [-0.05, 0) is 35.7 Å². The van der Waals surface area contributed by atoms with Crippen LogP contribution in [0.5, 0.6) is 0 Å². The summed E-state index contributed by atoms with van der Waals surface area (Å²) in [4.78, 5) is 4.75. The second-order valence-electron chi connectivity index (χ2n) is 8.24. The first-order valence-corrected chi connectivity index (χ1v) is 12.8. The number of hydrogen-bond donors (Lipinski definition) is 1. The van der Waals surface area contributed by atoms with Crippen molar-refractivity contribution >= 4 is 35.3 Å². The SMILES string of the molecule is CNc1cc2sc(CCOCC[Si](C)(C)C(C)(C)C)nc2cc1C. The fraction of sp³-hybridized carbons (Fsp3) is 0.632. The highest BCUT2D eigenvalue weighted by atomic mass is 32.1. The first-order chi connectivity index (χ1) is 11.1. The summed E-state index contributed by atoms with van der Waals surface area (Å²) in [6.07, 6.45) is 0.908. The Hall–Kier alpha value is -0.913. The molecule has 0 saturated carbocycles. The maximum atomic E-state index is 5.92. The molecule has 2 aromatic rings. The van der Waals surface area contributed by atoms with E-state index in [1.165, 1.54) is 27.0 Å². The molecule has 0 radical (unpaired) electrons. The quantitative estimate of drug-likeness (QED) is 0.504. The van der Waals surface area contributed by atoms with Crippen LogP contribution in [0.1, 0.15) is 31.3 Å². The minimum absolute atomic E-state index is 0.437. The van der Waals surface area contributed by atoms with E-state index in [1.54, 1.807) is 11.3 Å². The molecule has 0 saturated heterocycles. The zero-order chi connectivity index (χ0) is 18.0. The molecule has 1 N–H and O–H groups in total. The number of aromatic nitrogens is 1. The lowest BCUT2D eigenvalue weighted by Crippen LogP contribution is -2.38. The minimum Gasteiger partial charge on any atom is -0.388 e. The van der Waals surface area contributed by atoms with E-state index in [2.05, 4.69) is 58.2 Å². The van der Waals surface area contributed by atoms with E-state index in [0.29, 0.717) is 5.04 Å². The third-order valence-corrected chi connectivity index (χ3v) is 12.0. The lowest BCUT2D eigenvalue weighted by molar-refractivity contribution is 0.149.